The number of alkyl halides is 3. The highest BCUT2D eigenvalue weighted by Gasteiger charge is 2.40. The van der Waals surface area contributed by atoms with Crippen molar-refractivity contribution in [3.63, 3.8) is 0 Å². The summed E-state index contributed by atoms with van der Waals surface area (Å²) < 4.78 is 64.1. The van der Waals surface area contributed by atoms with Crippen LogP contribution in [0, 0.1) is 16.0 Å². The van der Waals surface area contributed by atoms with Crippen molar-refractivity contribution in [1.82, 2.24) is 4.72 Å². The Balaban J connectivity index is 2.97. The summed E-state index contributed by atoms with van der Waals surface area (Å²) in [5.74, 6) is -3.97. The molecule has 0 amide bonds. The number of carboxylic acids is 1. The van der Waals surface area contributed by atoms with Crippen molar-refractivity contribution >= 4 is 21.7 Å². The van der Waals surface area contributed by atoms with Gasteiger partial charge < -0.3 is 9.90 Å². The van der Waals surface area contributed by atoms with Gasteiger partial charge in [0, 0.05) is 18.6 Å². The lowest BCUT2D eigenvalue weighted by Crippen LogP contribution is -2.37. The van der Waals surface area contributed by atoms with Crippen molar-refractivity contribution in [3.8, 4) is 0 Å². The monoisotopic (exact) mass is 369 g/mol. The number of para-hydroxylation sites is 1. The first kappa shape index (κ1) is 19.8. The Bertz CT molecular complexity index is 720. The molecule has 1 N–H and O–H groups in total. The predicted octanol–water partition coefficient (Wildman–Crippen LogP) is 0.582. The van der Waals surface area contributed by atoms with Crippen molar-refractivity contribution < 1.29 is 36.4 Å². The van der Waals surface area contributed by atoms with Crippen molar-refractivity contribution in [2.75, 3.05) is 6.54 Å². The molecule has 1 atom stereocenters. The highest BCUT2D eigenvalue weighted by atomic mass is 32.2. The summed E-state index contributed by atoms with van der Waals surface area (Å²) in [6.45, 7) is -1.15. The quantitative estimate of drug-likeness (QED) is 0.527. The highest BCUT2D eigenvalue weighted by molar-refractivity contribution is 7.89. The van der Waals surface area contributed by atoms with Gasteiger partial charge in [-0.05, 0) is 18.9 Å². The lowest BCUT2D eigenvalue weighted by molar-refractivity contribution is -0.387. The minimum absolute atomic E-state index is 0.782. The summed E-state index contributed by atoms with van der Waals surface area (Å²) in [4.78, 5) is 19.3. The average molecular weight is 369 g/mol. The van der Waals surface area contributed by atoms with E-state index in [1.807, 2.05) is 0 Å². The molecule has 0 unspecified atom stereocenters. The van der Waals surface area contributed by atoms with E-state index in [0.717, 1.165) is 12.1 Å². The van der Waals surface area contributed by atoms with Gasteiger partial charge in [-0.3, -0.25) is 10.1 Å². The second-order valence-corrected chi connectivity index (χ2v) is 6.46. The fraction of sp³-hybridized carbons (Fsp3) is 0.417. The van der Waals surface area contributed by atoms with Gasteiger partial charge in [-0.15, -0.1) is 0 Å². The number of carbonyl (C=O) groups is 1. The summed E-state index contributed by atoms with van der Waals surface area (Å²) in [5.41, 5.74) is -0.789. The maximum atomic E-state index is 12.8. The molecule has 0 saturated carbocycles. The van der Waals surface area contributed by atoms with Crippen molar-refractivity contribution in [3.05, 3.63) is 34.4 Å². The lowest BCUT2D eigenvalue weighted by atomic mass is 10.0. The number of aliphatic carboxylic acids is 1. The summed E-state index contributed by atoms with van der Waals surface area (Å²) in [5, 5.41) is 21.1. The zero-order valence-corrected chi connectivity index (χ0v) is 12.8. The number of nitro benzene ring substituents is 1. The molecule has 0 aliphatic carbocycles. The van der Waals surface area contributed by atoms with Crippen LogP contribution in [0.3, 0.4) is 0 Å². The molecule has 8 nitrogen and oxygen atoms in total. The maximum Gasteiger partial charge on any atom is 0.393 e. The van der Waals surface area contributed by atoms with Crippen LogP contribution in [0.4, 0.5) is 18.9 Å². The van der Waals surface area contributed by atoms with Crippen LogP contribution in [0.2, 0.25) is 0 Å². The highest BCUT2D eigenvalue weighted by Crippen LogP contribution is 2.30. The van der Waals surface area contributed by atoms with Crippen LogP contribution in [0.5, 0.6) is 0 Å². The Morgan fingerprint density at radius 1 is 1.29 bits per heavy atom. The summed E-state index contributed by atoms with van der Waals surface area (Å²) in [7, 11) is -4.58. The second-order valence-electron chi connectivity index (χ2n) is 4.73. The minimum Gasteiger partial charge on any atom is -0.550 e. The number of benzene rings is 1. The van der Waals surface area contributed by atoms with Crippen LogP contribution in [-0.4, -0.2) is 32.0 Å². The van der Waals surface area contributed by atoms with E-state index >= 15 is 0 Å². The van der Waals surface area contributed by atoms with Crippen LogP contribution < -0.4 is 9.83 Å². The molecule has 0 aliphatic rings. The number of rotatable bonds is 8. The van der Waals surface area contributed by atoms with Crippen LogP contribution in [0.15, 0.2) is 29.2 Å². The fourth-order valence-corrected chi connectivity index (χ4v) is 3.05. The average Bonchev–Trinajstić information content (AvgIpc) is 2.45. The molecular formula is C12H12F3N2O6S-. The van der Waals surface area contributed by atoms with E-state index in [9.17, 15) is 41.6 Å². The number of halogens is 3. The molecule has 134 valence electrons. The normalized spacial score (nSPS) is 13.5. The second kappa shape index (κ2) is 7.57. The van der Waals surface area contributed by atoms with Gasteiger partial charge in [-0.25, -0.2) is 13.1 Å². The molecule has 0 saturated heterocycles. The van der Waals surface area contributed by atoms with Gasteiger partial charge in [0.2, 0.25) is 10.0 Å². The number of hydrogen-bond acceptors (Lipinski definition) is 6. The van der Waals surface area contributed by atoms with E-state index in [1.54, 1.807) is 4.72 Å². The number of hydrogen-bond donors (Lipinski definition) is 1. The molecule has 1 aromatic carbocycles. The fourth-order valence-electron chi connectivity index (χ4n) is 1.80. The Morgan fingerprint density at radius 2 is 1.88 bits per heavy atom. The van der Waals surface area contributed by atoms with Crippen molar-refractivity contribution in [2.45, 2.75) is 23.9 Å². The van der Waals surface area contributed by atoms with Gasteiger partial charge in [-0.1, -0.05) is 12.1 Å². The molecule has 0 bridgehead atoms. The van der Waals surface area contributed by atoms with E-state index in [-0.39, 0.29) is 0 Å². The molecule has 12 heteroatoms. The number of carboxylic acid groups (broad SMARTS) is 1. The Kier molecular flexibility index (Phi) is 6.26. The summed E-state index contributed by atoms with van der Waals surface area (Å²) in [6, 6.07) is 4.16. The van der Waals surface area contributed by atoms with Crippen LogP contribution in [0.1, 0.15) is 12.8 Å². The molecule has 1 aromatic rings. The van der Waals surface area contributed by atoms with E-state index < -0.39 is 63.0 Å². The van der Waals surface area contributed by atoms with Gasteiger partial charge in [0.05, 0.1) is 10.8 Å². The van der Waals surface area contributed by atoms with E-state index in [2.05, 4.69) is 0 Å². The third-order valence-corrected chi connectivity index (χ3v) is 4.50. The van der Waals surface area contributed by atoms with Crippen LogP contribution in [-0.2, 0) is 14.8 Å². The molecule has 0 spiro atoms. The Labute approximate surface area is 134 Å². The number of nitrogens with one attached hydrogen (secondary N) is 1. The molecule has 0 aromatic heterocycles. The molecular weight excluding hydrogens is 357 g/mol. The molecule has 0 aliphatic heterocycles. The number of nitrogens with zero attached hydrogens (tertiary/aromatic N) is 1. The molecule has 1 rings (SSSR count). The summed E-state index contributed by atoms with van der Waals surface area (Å²) >= 11 is 0. The van der Waals surface area contributed by atoms with Gasteiger partial charge in [0.15, 0.2) is 4.90 Å². The largest absolute Gasteiger partial charge is 0.550 e. The lowest BCUT2D eigenvalue weighted by Gasteiger charge is -2.20. The van der Waals surface area contributed by atoms with Gasteiger partial charge in [0.1, 0.15) is 0 Å². The number of nitro groups is 1. The smallest absolute Gasteiger partial charge is 0.393 e. The Hall–Kier alpha value is -2.21. The molecule has 0 heterocycles. The Morgan fingerprint density at radius 3 is 2.38 bits per heavy atom. The third-order valence-electron chi connectivity index (χ3n) is 3.03. The standard InChI is InChI=1S/C12H13F3N2O6S/c13-12(14,15)8(5-6-11(18)19)7-16-24(22,23)10-4-2-1-3-9(10)17(20)21/h1-4,8,16H,5-7H2,(H,18,19)/p-1/t8-/m0/s1. The van der Waals surface area contributed by atoms with Gasteiger partial charge >= 0.3 is 6.18 Å². The zero-order valence-electron chi connectivity index (χ0n) is 11.9. The molecule has 0 fully saturated rings. The third kappa shape index (κ3) is 5.45. The number of carbonyl (C=O) groups excluding carboxylic acids is 1. The molecule has 24 heavy (non-hydrogen) atoms. The summed E-state index contributed by atoms with van der Waals surface area (Å²) in [6.07, 6.45) is -6.64. The van der Waals surface area contributed by atoms with E-state index in [0.29, 0.717) is 0 Å². The maximum absolute atomic E-state index is 12.8. The SMILES string of the molecule is O=C([O-])CC[C@@H](CNS(=O)(=O)c1ccccc1[N+](=O)[O-])C(F)(F)F. The minimum atomic E-state index is -4.85. The first-order valence-corrected chi connectivity index (χ1v) is 7.93. The van der Waals surface area contributed by atoms with Gasteiger partial charge in [-0.2, -0.15) is 13.2 Å². The number of sulfonamides is 1. The van der Waals surface area contributed by atoms with E-state index in [4.69, 9.17) is 0 Å². The first-order chi connectivity index (χ1) is 10.9. The van der Waals surface area contributed by atoms with E-state index in [1.165, 1.54) is 12.1 Å². The zero-order chi connectivity index (χ0) is 18.5. The van der Waals surface area contributed by atoms with Gasteiger partial charge in [0.25, 0.3) is 5.69 Å². The topological polar surface area (TPSA) is 129 Å². The van der Waals surface area contributed by atoms with Crippen molar-refractivity contribution in [1.29, 1.82) is 0 Å². The first-order valence-electron chi connectivity index (χ1n) is 6.45. The molecule has 0 radical (unpaired) electrons. The van der Waals surface area contributed by atoms with Crippen LogP contribution in [0.25, 0.3) is 0 Å². The predicted molar refractivity (Wildman–Crippen MR) is 72.1 cm³/mol. The van der Waals surface area contributed by atoms with Crippen molar-refractivity contribution in [2.24, 2.45) is 5.92 Å². The van der Waals surface area contributed by atoms with Crippen LogP contribution >= 0.6 is 0 Å².